The second-order valence-corrected chi connectivity index (χ2v) is 7.43. The van der Waals surface area contributed by atoms with Crippen LogP contribution in [-0.4, -0.2) is 22.6 Å². The first-order chi connectivity index (χ1) is 11.9. The van der Waals surface area contributed by atoms with Gasteiger partial charge in [-0.15, -0.1) is 0 Å². The molecule has 2 aromatic heterocycles. The number of benzene rings is 1. The molecule has 0 bridgehead atoms. The molecule has 0 amide bonds. The summed E-state index contributed by atoms with van der Waals surface area (Å²) in [4.78, 5) is 28.4. The van der Waals surface area contributed by atoms with Crippen LogP contribution in [0, 0.1) is 10.5 Å². The van der Waals surface area contributed by atoms with Crippen molar-refractivity contribution in [3.8, 4) is 11.5 Å². The van der Waals surface area contributed by atoms with Crippen LogP contribution in [0.5, 0.6) is 0 Å². The van der Waals surface area contributed by atoms with E-state index in [-0.39, 0.29) is 30.0 Å². The van der Waals surface area contributed by atoms with Crippen LogP contribution < -0.4 is 5.56 Å². The molecule has 0 saturated carbocycles. The summed E-state index contributed by atoms with van der Waals surface area (Å²) >= 11 is 5.58. The van der Waals surface area contributed by atoms with Crippen molar-refractivity contribution in [1.82, 2.24) is 9.55 Å². The van der Waals surface area contributed by atoms with Gasteiger partial charge in [0.05, 0.1) is 17.1 Å². The van der Waals surface area contributed by atoms with E-state index in [1.807, 2.05) is 25.1 Å². The molecule has 25 heavy (non-hydrogen) atoms. The highest BCUT2D eigenvalue weighted by atomic mass is 127. The van der Waals surface area contributed by atoms with Crippen LogP contribution in [0.25, 0.3) is 22.6 Å². The number of methoxy groups -OCH3 is 1. The number of fused-ring (bicyclic) bond motifs is 1. The van der Waals surface area contributed by atoms with Crippen molar-refractivity contribution in [1.29, 1.82) is 0 Å². The molecule has 8 heteroatoms. The van der Waals surface area contributed by atoms with Crippen LogP contribution in [-0.2, 0) is 16.1 Å². The van der Waals surface area contributed by atoms with E-state index in [1.54, 1.807) is 6.20 Å². The zero-order valence-corrected chi connectivity index (χ0v) is 17.3. The van der Waals surface area contributed by atoms with Crippen LogP contribution in [0.3, 0.4) is 0 Å². The molecular weight excluding hydrogens is 503 g/mol. The van der Waals surface area contributed by atoms with E-state index in [0.717, 1.165) is 19.2 Å². The summed E-state index contributed by atoms with van der Waals surface area (Å²) in [6.07, 6.45) is 1.78. The fraction of sp³-hybridized carbons (Fsp3) is 0.235. The van der Waals surface area contributed by atoms with E-state index in [9.17, 15) is 9.59 Å². The topological polar surface area (TPSA) is 74.3 Å². The molecule has 0 atom stereocenters. The zero-order valence-electron chi connectivity index (χ0n) is 13.5. The molecule has 3 rings (SSSR count). The first-order valence-corrected chi connectivity index (χ1v) is 9.31. The number of nitrogens with zero attached hydrogens (tertiary/aromatic N) is 2. The molecular formula is C17H14BrIN2O4. The largest absolute Gasteiger partial charge is 0.469 e. The van der Waals surface area contributed by atoms with Crippen LogP contribution in [0.2, 0.25) is 0 Å². The van der Waals surface area contributed by atoms with E-state index < -0.39 is 0 Å². The summed E-state index contributed by atoms with van der Waals surface area (Å²) < 4.78 is 13.6. The number of pyridine rings is 1. The minimum absolute atomic E-state index is 0.118. The average Bonchev–Trinajstić information content (AvgIpc) is 3.05. The Hall–Kier alpha value is -1.68. The molecule has 2 heterocycles. The van der Waals surface area contributed by atoms with Gasteiger partial charge in [0.15, 0.2) is 11.1 Å². The van der Waals surface area contributed by atoms with Crippen molar-refractivity contribution in [2.45, 2.75) is 19.9 Å². The van der Waals surface area contributed by atoms with Crippen molar-refractivity contribution in [3.63, 3.8) is 0 Å². The lowest BCUT2D eigenvalue weighted by Gasteiger charge is -2.05. The maximum atomic E-state index is 12.7. The lowest BCUT2D eigenvalue weighted by molar-refractivity contribution is -0.140. The molecule has 0 aliphatic carbocycles. The fourth-order valence-electron chi connectivity index (χ4n) is 2.45. The molecule has 0 N–H and O–H groups in total. The number of ether oxygens (including phenoxy) is 1. The van der Waals surface area contributed by atoms with Gasteiger partial charge in [0.1, 0.15) is 0 Å². The van der Waals surface area contributed by atoms with E-state index in [0.29, 0.717) is 11.5 Å². The molecule has 0 unspecified atom stereocenters. The number of carbonyl (C=O) groups is 1. The number of aromatic nitrogens is 2. The standard InChI is InChI=1S/C17H14BrIN2O4/c1-9-10(4-3-5-11(9)18)16-20-14-15(25-16)12(19)8-21(17(14)23)7-6-13(22)24-2/h3-5,8H,6-7H2,1-2H3. The van der Waals surface area contributed by atoms with Crippen molar-refractivity contribution in [2.24, 2.45) is 0 Å². The highest BCUT2D eigenvalue weighted by Crippen LogP contribution is 2.31. The average molecular weight is 517 g/mol. The monoisotopic (exact) mass is 516 g/mol. The van der Waals surface area contributed by atoms with E-state index in [2.05, 4.69) is 48.2 Å². The maximum absolute atomic E-state index is 12.7. The number of carbonyl (C=O) groups excluding carboxylic acids is 1. The van der Waals surface area contributed by atoms with Gasteiger partial charge in [-0.25, -0.2) is 4.98 Å². The number of rotatable bonds is 4. The second kappa shape index (κ2) is 7.28. The van der Waals surface area contributed by atoms with Gasteiger partial charge < -0.3 is 13.7 Å². The summed E-state index contributed by atoms with van der Waals surface area (Å²) in [7, 11) is 1.32. The van der Waals surface area contributed by atoms with Crippen molar-refractivity contribution in [2.75, 3.05) is 7.11 Å². The Morgan fingerprint density at radius 2 is 2.20 bits per heavy atom. The molecule has 6 nitrogen and oxygen atoms in total. The van der Waals surface area contributed by atoms with Gasteiger partial charge in [0.25, 0.3) is 5.56 Å². The summed E-state index contributed by atoms with van der Waals surface area (Å²) in [6.45, 7) is 2.18. The van der Waals surface area contributed by atoms with E-state index in [4.69, 9.17) is 4.42 Å². The number of aryl methyl sites for hydroxylation is 1. The lowest BCUT2D eigenvalue weighted by Crippen LogP contribution is -2.22. The first-order valence-electron chi connectivity index (χ1n) is 7.44. The molecule has 0 radical (unpaired) electrons. The van der Waals surface area contributed by atoms with E-state index in [1.165, 1.54) is 11.7 Å². The van der Waals surface area contributed by atoms with Crippen LogP contribution >= 0.6 is 38.5 Å². The molecule has 130 valence electrons. The summed E-state index contributed by atoms with van der Waals surface area (Å²) in [5.74, 6) is 0.0298. The number of halogens is 2. The van der Waals surface area contributed by atoms with Gasteiger partial charge >= 0.3 is 5.97 Å². The Bertz CT molecular complexity index is 1030. The highest BCUT2D eigenvalue weighted by Gasteiger charge is 2.18. The van der Waals surface area contributed by atoms with Gasteiger partial charge in [0, 0.05) is 22.8 Å². The normalized spacial score (nSPS) is 11.0. The number of oxazole rings is 1. The number of hydrogen-bond donors (Lipinski definition) is 0. The van der Waals surface area contributed by atoms with Gasteiger partial charge in [-0.2, -0.15) is 0 Å². The highest BCUT2D eigenvalue weighted by molar-refractivity contribution is 14.1. The van der Waals surface area contributed by atoms with Crippen molar-refractivity contribution in [3.05, 3.63) is 48.4 Å². The molecule has 0 fully saturated rings. The van der Waals surface area contributed by atoms with Crippen LogP contribution in [0.1, 0.15) is 12.0 Å². The Balaban J connectivity index is 2.10. The smallest absolute Gasteiger partial charge is 0.307 e. The van der Waals surface area contributed by atoms with Gasteiger partial charge in [-0.3, -0.25) is 9.59 Å². The first kappa shape index (κ1) is 18.1. The summed E-state index contributed by atoms with van der Waals surface area (Å²) in [5, 5.41) is 0. The van der Waals surface area contributed by atoms with Crippen LogP contribution in [0.15, 0.2) is 38.1 Å². The molecule has 0 spiro atoms. The Labute approximate surface area is 165 Å². The Morgan fingerprint density at radius 1 is 1.44 bits per heavy atom. The maximum Gasteiger partial charge on any atom is 0.307 e. The van der Waals surface area contributed by atoms with Gasteiger partial charge in [-0.05, 0) is 47.2 Å². The lowest BCUT2D eigenvalue weighted by atomic mass is 10.1. The van der Waals surface area contributed by atoms with Gasteiger partial charge in [0.2, 0.25) is 5.89 Å². The third kappa shape index (κ3) is 3.50. The quantitative estimate of drug-likeness (QED) is 0.388. The number of hydrogen-bond acceptors (Lipinski definition) is 5. The van der Waals surface area contributed by atoms with Crippen molar-refractivity contribution >= 4 is 55.6 Å². The molecule has 0 saturated heterocycles. The molecule has 3 aromatic rings. The van der Waals surface area contributed by atoms with E-state index >= 15 is 0 Å². The zero-order chi connectivity index (χ0) is 18.1. The van der Waals surface area contributed by atoms with Gasteiger partial charge in [-0.1, -0.05) is 22.0 Å². The minimum Gasteiger partial charge on any atom is -0.469 e. The molecule has 1 aromatic carbocycles. The summed E-state index contributed by atoms with van der Waals surface area (Å²) in [5.41, 5.74) is 2.22. The molecule has 0 aliphatic heterocycles. The summed E-state index contributed by atoms with van der Waals surface area (Å²) in [6, 6.07) is 5.72. The number of esters is 1. The minimum atomic E-state index is -0.368. The third-order valence-corrected chi connectivity index (χ3v) is 5.49. The SMILES string of the molecule is COC(=O)CCn1cc(I)c2oc(-c3cccc(Br)c3C)nc2c1=O. The third-order valence-electron chi connectivity index (χ3n) is 3.86. The molecule has 0 aliphatic rings. The predicted molar refractivity (Wildman–Crippen MR) is 105 cm³/mol. The van der Waals surface area contributed by atoms with Crippen molar-refractivity contribution < 1.29 is 13.9 Å². The Morgan fingerprint density at radius 3 is 2.92 bits per heavy atom. The Kier molecular flexibility index (Phi) is 5.28. The second-order valence-electron chi connectivity index (χ2n) is 5.41. The van der Waals surface area contributed by atoms with Crippen LogP contribution in [0.4, 0.5) is 0 Å². The predicted octanol–water partition coefficient (Wildman–Crippen LogP) is 3.90. The fourth-order valence-corrected chi connectivity index (χ4v) is 3.52.